The maximum Gasteiger partial charge on any atom is 1.00 e. The van der Waals surface area contributed by atoms with Gasteiger partial charge in [-0.05, 0) is 12.3 Å². The van der Waals surface area contributed by atoms with Crippen molar-refractivity contribution in [2.24, 2.45) is 11.8 Å². The number of carbonyl (C=O) groups is 1. The molecule has 2 aliphatic rings. The minimum absolute atomic E-state index is 0. The normalized spacial score (nSPS) is 36.3. The van der Waals surface area contributed by atoms with Gasteiger partial charge in [-0.1, -0.05) is 12.5 Å². The number of amides is 1. The topological polar surface area (TPSA) is 76.2 Å². The van der Waals surface area contributed by atoms with Gasteiger partial charge in [-0.15, -0.1) is 0 Å². The fraction of sp³-hybridized carbons (Fsp3) is 0.714. The van der Waals surface area contributed by atoms with E-state index >= 15 is 0 Å². The second-order valence-electron chi connectivity index (χ2n) is 3.02. The van der Waals surface area contributed by atoms with Gasteiger partial charge in [-0.3, -0.25) is 4.79 Å². The molecule has 0 aromatic rings. The molecule has 0 radical (unpaired) electrons. The standard InChI is InChI=1S/C7H8NO2.Li.H2O/c9-3-5-1-4-2-6(4)7(10)8-5;;/h4-6H,1-2H2,(H,8,10);;1H2/q-1;+1;/p-1. The molecule has 1 saturated heterocycles. The van der Waals surface area contributed by atoms with E-state index in [0.29, 0.717) is 5.92 Å². The van der Waals surface area contributed by atoms with Crippen molar-refractivity contribution in [1.29, 1.82) is 0 Å². The molecule has 4 nitrogen and oxygen atoms in total. The molecule has 3 atom stereocenters. The largest absolute Gasteiger partial charge is 1.00 e. The molecule has 1 saturated carbocycles. The molecule has 3 unspecified atom stereocenters. The molecule has 0 bridgehead atoms. The van der Waals surface area contributed by atoms with E-state index in [9.17, 15) is 9.59 Å². The first kappa shape index (κ1) is 11.7. The Morgan fingerprint density at radius 1 is 1.42 bits per heavy atom. The second-order valence-corrected chi connectivity index (χ2v) is 3.02. The summed E-state index contributed by atoms with van der Waals surface area (Å²) in [6, 6.07) is -0.323. The van der Waals surface area contributed by atoms with E-state index < -0.39 is 0 Å². The number of hydrogen-bond donors (Lipinski definition) is 1. The zero-order chi connectivity index (χ0) is 7.14. The first-order chi connectivity index (χ1) is 4.81. The number of nitrogens with one attached hydrogen (secondary N) is 1. The smallest absolute Gasteiger partial charge is 0.870 e. The Kier molecular flexibility index (Phi) is 3.98. The van der Waals surface area contributed by atoms with E-state index in [1.165, 1.54) is 0 Å². The van der Waals surface area contributed by atoms with Crippen LogP contribution in [0.4, 0.5) is 0 Å². The molecule has 62 valence electrons. The van der Waals surface area contributed by atoms with Crippen molar-refractivity contribution in [2.45, 2.75) is 18.9 Å². The van der Waals surface area contributed by atoms with Crippen molar-refractivity contribution < 1.29 is 33.9 Å². The molecule has 0 aromatic carbocycles. The predicted molar refractivity (Wildman–Crippen MR) is 35.8 cm³/mol. The molecule has 0 spiro atoms. The number of piperidine rings is 1. The van der Waals surface area contributed by atoms with Crippen molar-refractivity contribution in [2.75, 3.05) is 0 Å². The first-order valence-electron chi connectivity index (χ1n) is 3.49. The summed E-state index contributed by atoms with van der Waals surface area (Å²) < 4.78 is 0. The van der Waals surface area contributed by atoms with Gasteiger partial charge in [-0.25, -0.2) is 6.29 Å². The summed E-state index contributed by atoms with van der Waals surface area (Å²) >= 11 is 0. The van der Waals surface area contributed by atoms with Gasteiger partial charge >= 0.3 is 18.9 Å². The van der Waals surface area contributed by atoms with Crippen molar-refractivity contribution in [3.63, 3.8) is 0 Å². The molecule has 1 heterocycles. The summed E-state index contributed by atoms with van der Waals surface area (Å²) in [6.07, 6.45) is 3.59. The third-order valence-corrected chi connectivity index (χ3v) is 2.26. The summed E-state index contributed by atoms with van der Waals surface area (Å²) in [5, 5.41) is 2.59. The second kappa shape index (κ2) is 4.08. The van der Waals surface area contributed by atoms with Gasteiger partial charge in [0.2, 0.25) is 5.91 Å². The quantitative estimate of drug-likeness (QED) is 0.320. The summed E-state index contributed by atoms with van der Waals surface area (Å²) in [7, 11) is 0. The first-order valence-corrected chi connectivity index (χ1v) is 3.49. The Balaban J connectivity index is 0.000000605. The average molecular weight is 162 g/mol. The van der Waals surface area contributed by atoms with Gasteiger partial charge in [0.15, 0.2) is 0 Å². The van der Waals surface area contributed by atoms with E-state index in [1.807, 2.05) is 6.29 Å². The van der Waals surface area contributed by atoms with Crippen molar-refractivity contribution >= 4 is 12.2 Å². The Bertz CT molecular complexity index is 197. The maximum atomic E-state index is 10.9. The number of hydrogen-bond acceptors (Lipinski definition) is 3. The molecule has 0 aromatic heterocycles. The van der Waals surface area contributed by atoms with Gasteiger partial charge in [0, 0.05) is 5.92 Å². The Hall–Kier alpha value is -0.303. The van der Waals surface area contributed by atoms with Gasteiger partial charge in [0.05, 0.1) is 0 Å². The fourth-order valence-corrected chi connectivity index (χ4v) is 1.55. The summed E-state index contributed by atoms with van der Waals surface area (Å²) in [5.74, 6) is 0.759. The van der Waals surface area contributed by atoms with Crippen LogP contribution >= 0.6 is 0 Å². The molecule has 2 N–H and O–H groups in total. The number of fused-ring (bicyclic) bond motifs is 1. The molecule has 2 rings (SSSR count). The molecular formula is C7H9LiNO3-. The van der Waals surface area contributed by atoms with E-state index in [4.69, 9.17) is 0 Å². The maximum absolute atomic E-state index is 10.9. The van der Waals surface area contributed by atoms with Crippen LogP contribution in [0.15, 0.2) is 0 Å². The summed E-state index contributed by atoms with van der Waals surface area (Å²) in [4.78, 5) is 21.0. The van der Waals surface area contributed by atoms with Crippen LogP contribution in [-0.4, -0.2) is 23.7 Å². The van der Waals surface area contributed by atoms with Crippen LogP contribution < -0.4 is 24.2 Å². The molecular weight excluding hydrogens is 153 g/mol. The van der Waals surface area contributed by atoms with Crippen LogP contribution in [0.5, 0.6) is 0 Å². The van der Waals surface area contributed by atoms with Gasteiger partial charge in [0.25, 0.3) is 0 Å². The van der Waals surface area contributed by atoms with E-state index in [0.717, 1.165) is 12.8 Å². The van der Waals surface area contributed by atoms with E-state index in [2.05, 4.69) is 5.32 Å². The monoisotopic (exact) mass is 162 g/mol. The van der Waals surface area contributed by atoms with Crippen LogP contribution in [0.25, 0.3) is 0 Å². The zero-order valence-corrected chi connectivity index (χ0v) is 6.91. The number of rotatable bonds is 1. The molecule has 1 aliphatic heterocycles. The molecule has 1 amide bonds. The third-order valence-electron chi connectivity index (χ3n) is 2.26. The van der Waals surface area contributed by atoms with Crippen LogP contribution in [0.2, 0.25) is 0 Å². The van der Waals surface area contributed by atoms with Crippen LogP contribution in [0.1, 0.15) is 12.8 Å². The van der Waals surface area contributed by atoms with Gasteiger partial charge in [0.1, 0.15) is 0 Å². The van der Waals surface area contributed by atoms with Crippen molar-refractivity contribution in [1.82, 2.24) is 5.32 Å². The van der Waals surface area contributed by atoms with Crippen LogP contribution in [0, 0.1) is 11.8 Å². The molecule has 12 heavy (non-hydrogen) atoms. The van der Waals surface area contributed by atoms with E-state index in [-0.39, 0.29) is 42.2 Å². The van der Waals surface area contributed by atoms with Crippen molar-refractivity contribution in [3.8, 4) is 0 Å². The Morgan fingerprint density at radius 3 is 2.58 bits per heavy atom. The minimum atomic E-state index is -0.323. The third kappa shape index (κ3) is 1.89. The number of carbonyl (C=O) groups excluding carboxylic acids is 2. The van der Waals surface area contributed by atoms with E-state index in [1.54, 1.807) is 0 Å². The van der Waals surface area contributed by atoms with Gasteiger partial charge < -0.3 is 15.6 Å². The molecule has 5 heteroatoms. The predicted octanol–water partition coefficient (Wildman–Crippen LogP) is -3.55. The fourth-order valence-electron chi connectivity index (χ4n) is 1.55. The minimum Gasteiger partial charge on any atom is -0.870 e. The molecule has 2 fully saturated rings. The van der Waals surface area contributed by atoms with Crippen molar-refractivity contribution in [3.05, 3.63) is 0 Å². The van der Waals surface area contributed by atoms with Crippen LogP contribution in [-0.2, 0) is 9.59 Å². The average Bonchev–Trinajstić information content (AvgIpc) is 2.66. The van der Waals surface area contributed by atoms with Crippen LogP contribution in [0.3, 0.4) is 0 Å². The molecule has 1 aliphatic carbocycles. The SMILES string of the molecule is O=[C-]C1CC2CC2C(=O)N1.[Li+].[OH-]. The summed E-state index contributed by atoms with van der Waals surface area (Å²) in [5.41, 5.74) is 0. The Morgan fingerprint density at radius 2 is 2.08 bits per heavy atom. The Labute approximate surface area is 82.6 Å². The van der Waals surface area contributed by atoms with Gasteiger partial charge in [-0.2, -0.15) is 0 Å². The summed E-state index contributed by atoms with van der Waals surface area (Å²) in [6.45, 7) is 0. The zero-order valence-electron chi connectivity index (χ0n) is 6.91.